The van der Waals surface area contributed by atoms with Crippen LogP contribution in [0, 0.1) is 0 Å². The number of aryl methyl sites for hydroxylation is 1. The van der Waals surface area contributed by atoms with E-state index in [1.165, 1.54) is 11.8 Å². The maximum absolute atomic E-state index is 12.2. The lowest BCUT2D eigenvalue weighted by Crippen LogP contribution is -2.12. The maximum Gasteiger partial charge on any atom is 0.225 e. The van der Waals surface area contributed by atoms with Crippen molar-refractivity contribution in [1.82, 2.24) is 14.8 Å². The number of hydrogen-bond donors (Lipinski definition) is 1. The molecule has 140 valence electrons. The van der Waals surface area contributed by atoms with E-state index in [-0.39, 0.29) is 5.91 Å². The van der Waals surface area contributed by atoms with Gasteiger partial charge in [0.05, 0.1) is 10.7 Å². The Balaban J connectivity index is 1.63. The minimum atomic E-state index is -0.131. The van der Waals surface area contributed by atoms with Crippen molar-refractivity contribution in [3.05, 3.63) is 64.4 Å². The molecule has 8 heteroatoms. The summed E-state index contributed by atoms with van der Waals surface area (Å²) in [5.74, 6) is 1.32. The second-order valence-corrected chi connectivity index (χ2v) is 7.60. The first-order chi connectivity index (χ1) is 13.1. The molecular weight excluding hydrogens is 403 g/mol. The first kappa shape index (κ1) is 19.7. The van der Waals surface area contributed by atoms with Crippen LogP contribution in [0.1, 0.15) is 19.2 Å². The van der Waals surface area contributed by atoms with E-state index in [1.807, 2.05) is 41.8 Å². The van der Waals surface area contributed by atoms with Gasteiger partial charge in [0.15, 0.2) is 5.16 Å². The molecule has 1 N–H and O–H groups in total. The van der Waals surface area contributed by atoms with Gasteiger partial charge in [0.25, 0.3) is 0 Å². The molecule has 1 heterocycles. The highest BCUT2D eigenvalue weighted by Gasteiger charge is 2.14. The molecule has 0 aliphatic carbocycles. The third-order valence-corrected chi connectivity index (χ3v) is 5.29. The fourth-order valence-electron chi connectivity index (χ4n) is 2.50. The second kappa shape index (κ2) is 9.26. The molecule has 0 saturated heterocycles. The molecule has 1 aromatic heterocycles. The highest BCUT2D eigenvalue weighted by atomic mass is 35.5. The van der Waals surface area contributed by atoms with Gasteiger partial charge in [-0.15, -0.1) is 10.2 Å². The standard InChI is InChI=1S/C19H18Cl2N4OS/c1-2-17-23-24-19(25(17)14-6-4-3-5-7-14)27-11-10-18(26)22-16-12-13(20)8-9-15(16)21/h3-9,12H,2,10-11H2,1H3,(H,22,26). The number of carbonyl (C=O) groups is 1. The van der Waals surface area contributed by atoms with E-state index in [2.05, 4.69) is 15.5 Å². The number of para-hydroxylation sites is 1. The van der Waals surface area contributed by atoms with Crippen molar-refractivity contribution in [3.8, 4) is 5.69 Å². The summed E-state index contributed by atoms with van der Waals surface area (Å²) < 4.78 is 2.02. The van der Waals surface area contributed by atoms with Crippen molar-refractivity contribution < 1.29 is 4.79 Å². The van der Waals surface area contributed by atoms with Crippen LogP contribution in [0.25, 0.3) is 5.69 Å². The number of hydrogen-bond acceptors (Lipinski definition) is 4. The molecular formula is C19H18Cl2N4OS. The molecule has 5 nitrogen and oxygen atoms in total. The Morgan fingerprint density at radius 1 is 1.15 bits per heavy atom. The van der Waals surface area contributed by atoms with Crippen LogP contribution in [0.15, 0.2) is 53.7 Å². The second-order valence-electron chi connectivity index (χ2n) is 5.69. The number of carbonyl (C=O) groups excluding carboxylic acids is 1. The summed E-state index contributed by atoms with van der Waals surface area (Å²) >= 11 is 13.5. The van der Waals surface area contributed by atoms with E-state index in [9.17, 15) is 4.79 Å². The van der Waals surface area contributed by atoms with Crippen LogP contribution in [-0.2, 0) is 11.2 Å². The molecule has 3 rings (SSSR count). The van der Waals surface area contributed by atoms with E-state index in [0.29, 0.717) is 27.9 Å². The van der Waals surface area contributed by atoms with E-state index in [1.54, 1.807) is 18.2 Å². The van der Waals surface area contributed by atoms with E-state index < -0.39 is 0 Å². The largest absolute Gasteiger partial charge is 0.325 e. The molecule has 0 saturated carbocycles. The van der Waals surface area contributed by atoms with Crippen LogP contribution in [0.4, 0.5) is 5.69 Å². The van der Waals surface area contributed by atoms with Gasteiger partial charge in [-0.2, -0.15) is 0 Å². The van der Waals surface area contributed by atoms with Gasteiger partial charge in [-0.1, -0.05) is 60.1 Å². The average Bonchev–Trinajstić information content (AvgIpc) is 3.08. The van der Waals surface area contributed by atoms with Crippen molar-refractivity contribution in [3.63, 3.8) is 0 Å². The Kier molecular flexibility index (Phi) is 6.77. The average molecular weight is 421 g/mol. The Morgan fingerprint density at radius 2 is 1.93 bits per heavy atom. The fourth-order valence-corrected chi connectivity index (χ4v) is 3.75. The van der Waals surface area contributed by atoms with Crippen molar-refractivity contribution in [2.24, 2.45) is 0 Å². The van der Waals surface area contributed by atoms with Crippen molar-refractivity contribution >= 4 is 46.6 Å². The molecule has 0 radical (unpaired) electrons. The molecule has 3 aromatic rings. The summed E-state index contributed by atoms with van der Waals surface area (Å²) in [6, 6.07) is 14.9. The minimum absolute atomic E-state index is 0.131. The van der Waals surface area contributed by atoms with E-state index in [4.69, 9.17) is 23.2 Å². The summed E-state index contributed by atoms with van der Waals surface area (Å²) in [7, 11) is 0. The van der Waals surface area contributed by atoms with Gasteiger partial charge in [-0.3, -0.25) is 9.36 Å². The normalized spacial score (nSPS) is 10.8. The molecule has 0 atom stereocenters. The van der Waals surface area contributed by atoms with Gasteiger partial charge in [-0.25, -0.2) is 0 Å². The van der Waals surface area contributed by atoms with Gasteiger partial charge in [0.2, 0.25) is 5.91 Å². The lowest BCUT2D eigenvalue weighted by molar-refractivity contribution is -0.115. The van der Waals surface area contributed by atoms with Crippen molar-refractivity contribution in [2.45, 2.75) is 24.9 Å². The van der Waals surface area contributed by atoms with E-state index >= 15 is 0 Å². The van der Waals surface area contributed by atoms with Gasteiger partial charge in [-0.05, 0) is 30.3 Å². The lowest BCUT2D eigenvalue weighted by Gasteiger charge is -2.10. The Hall–Kier alpha value is -2.02. The number of halogens is 2. The first-order valence-electron chi connectivity index (χ1n) is 8.46. The zero-order chi connectivity index (χ0) is 19.2. The molecule has 27 heavy (non-hydrogen) atoms. The molecule has 0 unspecified atom stereocenters. The summed E-state index contributed by atoms with van der Waals surface area (Å²) in [5.41, 5.74) is 1.52. The lowest BCUT2D eigenvalue weighted by atomic mass is 10.3. The van der Waals surface area contributed by atoms with Crippen LogP contribution in [0.3, 0.4) is 0 Å². The van der Waals surface area contributed by atoms with Crippen LogP contribution < -0.4 is 5.32 Å². The highest BCUT2D eigenvalue weighted by Crippen LogP contribution is 2.26. The molecule has 0 aliphatic rings. The molecule has 0 aliphatic heterocycles. The third kappa shape index (κ3) is 5.03. The summed E-state index contributed by atoms with van der Waals surface area (Å²) in [6.45, 7) is 2.04. The number of anilines is 1. The van der Waals surface area contributed by atoms with Gasteiger partial charge < -0.3 is 5.32 Å². The van der Waals surface area contributed by atoms with Crippen LogP contribution in [0.5, 0.6) is 0 Å². The minimum Gasteiger partial charge on any atom is -0.325 e. The molecule has 0 fully saturated rings. The molecule has 0 bridgehead atoms. The first-order valence-corrected chi connectivity index (χ1v) is 10.2. The predicted octanol–water partition coefficient (Wildman–Crippen LogP) is 5.26. The maximum atomic E-state index is 12.2. The highest BCUT2D eigenvalue weighted by molar-refractivity contribution is 7.99. The summed E-state index contributed by atoms with van der Waals surface area (Å²) in [5, 5.41) is 13.1. The number of thioether (sulfide) groups is 1. The monoisotopic (exact) mass is 420 g/mol. The molecule has 2 aromatic carbocycles. The van der Waals surface area contributed by atoms with Gasteiger partial charge in [0, 0.05) is 29.3 Å². The molecule has 0 spiro atoms. The number of nitrogens with zero attached hydrogens (tertiary/aromatic N) is 3. The number of amides is 1. The third-order valence-electron chi connectivity index (χ3n) is 3.79. The van der Waals surface area contributed by atoms with Crippen molar-refractivity contribution in [2.75, 3.05) is 11.1 Å². The van der Waals surface area contributed by atoms with Crippen molar-refractivity contribution in [1.29, 1.82) is 0 Å². The predicted molar refractivity (Wildman–Crippen MR) is 111 cm³/mol. The Labute approximate surface area is 172 Å². The molecule has 1 amide bonds. The summed E-state index contributed by atoms with van der Waals surface area (Å²) in [4.78, 5) is 12.2. The zero-order valence-corrected chi connectivity index (χ0v) is 17.0. The SMILES string of the molecule is CCc1nnc(SCCC(=O)Nc2cc(Cl)ccc2Cl)n1-c1ccccc1. The quantitative estimate of drug-likeness (QED) is 0.529. The number of nitrogens with one attached hydrogen (secondary N) is 1. The van der Waals surface area contributed by atoms with Crippen LogP contribution in [-0.4, -0.2) is 26.4 Å². The zero-order valence-electron chi connectivity index (χ0n) is 14.7. The Bertz CT molecular complexity index is 931. The number of aromatic nitrogens is 3. The van der Waals surface area contributed by atoms with E-state index in [0.717, 1.165) is 23.1 Å². The smallest absolute Gasteiger partial charge is 0.225 e. The van der Waals surface area contributed by atoms with Crippen LogP contribution >= 0.6 is 35.0 Å². The topological polar surface area (TPSA) is 59.8 Å². The Morgan fingerprint density at radius 3 is 2.67 bits per heavy atom. The fraction of sp³-hybridized carbons (Fsp3) is 0.211. The summed E-state index contributed by atoms with van der Waals surface area (Å²) in [6.07, 6.45) is 1.09. The number of rotatable bonds is 7. The van der Waals surface area contributed by atoms with Gasteiger partial charge >= 0.3 is 0 Å². The van der Waals surface area contributed by atoms with Gasteiger partial charge in [0.1, 0.15) is 5.82 Å². The number of benzene rings is 2. The van der Waals surface area contributed by atoms with Crippen LogP contribution in [0.2, 0.25) is 10.0 Å².